The Morgan fingerprint density at radius 1 is 1.45 bits per heavy atom. The summed E-state index contributed by atoms with van der Waals surface area (Å²) in [5, 5.41) is 6.28. The highest BCUT2D eigenvalue weighted by Gasteiger charge is 2.31. The summed E-state index contributed by atoms with van der Waals surface area (Å²) in [4.78, 5) is 16.2. The molecule has 2 rings (SSSR count). The van der Waals surface area contributed by atoms with E-state index in [1.54, 1.807) is 19.5 Å². The van der Waals surface area contributed by atoms with E-state index < -0.39 is 0 Å². The Balaban J connectivity index is 1.61. The Labute approximate surface area is 131 Å². The van der Waals surface area contributed by atoms with E-state index in [1.165, 1.54) is 0 Å². The summed E-state index contributed by atoms with van der Waals surface area (Å²) in [6.07, 6.45) is 6.82. The van der Waals surface area contributed by atoms with Crippen molar-refractivity contribution in [2.24, 2.45) is 11.7 Å². The normalized spacial score (nSPS) is 24.7. The van der Waals surface area contributed by atoms with Crippen molar-refractivity contribution in [3.05, 3.63) is 24.5 Å². The minimum absolute atomic E-state index is 0.00301. The van der Waals surface area contributed by atoms with E-state index in [0.717, 1.165) is 37.9 Å². The molecule has 22 heavy (non-hydrogen) atoms. The van der Waals surface area contributed by atoms with Gasteiger partial charge in [0.1, 0.15) is 0 Å². The predicted octanol–water partition coefficient (Wildman–Crippen LogP) is 1.14. The number of hydrogen-bond donors (Lipinski definition) is 3. The van der Waals surface area contributed by atoms with Crippen LogP contribution in [0.2, 0.25) is 0 Å². The Morgan fingerprint density at radius 3 is 3.05 bits per heavy atom. The smallest absolute Gasteiger partial charge is 0.223 e. The molecule has 1 fully saturated rings. The molecular formula is C16H26N4O2. The second-order valence-corrected chi connectivity index (χ2v) is 5.76. The van der Waals surface area contributed by atoms with Gasteiger partial charge in [-0.15, -0.1) is 0 Å². The molecule has 0 saturated heterocycles. The molecule has 0 radical (unpaired) electrons. The summed E-state index contributed by atoms with van der Waals surface area (Å²) < 4.78 is 5.35. The number of carbonyl (C=O) groups is 1. The number of hydrogen-bond acceptors (Lipinski definition) is 5. The van der Waals surface area contributed by atoms with Gasteiger partial charge in [-0.1, -0.05) is 0 Å². The van der Waals surface area contributed by atoms with Crippen molar-refractivity contribution in [2.45, 2.75) is 37.8 Å². The first-order valence-corrected chi connectivity index (χ1v) is 7.90. The fourth-order valence-electron chi connectivity index (χ4n) is 2.81. The SMILES string of the molecule is CO[C@H]1C[C@@H](C(=O)NCCCNc2cccnc2)CC[C@@H]1N. The van der Waals surface area contributed by atoms with Crippen molar-refractivity contribution >= 4 is 11.6 Å². The molecule has 1 saturated carbocycles. The van der Waals surface area contributed by atoms with Crippen LogP contribution in [-0.2, 0) is 9.53 Å². The number of carbonyl (C=O) groups excluding carboxylic acids is 1. The fourth-order valence-corrected chi connectivity index (χ4v) is 2.81. The zero-order valence-corrected chi connectivity index (χ0v) is 13.1. The van der Waals surface area contributed by atoms with Gasteiger partial charge in [-0.25, -0.2) is 0 Å². The molecule has 6 heteroatoms. The summed E-state index contributed by atoms with van der Waals surface area (Å²) in [6, 6.07) is 3.92. The monoisotopic (exact) mass is 306 g/mol. The van der Waals surface area contributed by atoms with Gasteiger partial charge >= 0.3 is 0 Å². The van der Waals surface area contributed by atoms with Crippen molar-refractivity contribution in [2.75, 3.05) is 25.5 Å². The molecule has 0 aromatic carbocycles. The Hall–Kier alpha value is -1.66. The lowest BCUT2D eigenvalue weighted by Gasteiger charge is -2.32. The molecule has 6 nitrogen and oxygen atoms in total. The zero-order chi connectivity index (χ0) is 15.8. The Morgan fingerprint density at radius 2 is 2.32 bits per heavy atom. The zero-order valence-electron chi connectivity index (χ0n) is 13.1. The maximum Gasteiger partial charge on any atom is 0.223 e. The van der Waals surface area contributed by atoms with Crippen LogP contribution in [0.15, 0.2) is 24.5 Å². The van der Waals surface area contributed by atoms with Crippen LogP contribution in [0.4, 0.5) is 5.69 Å². The van der Waals surface area contributed by atoms with Gasteiger partial charge in [-0.3, -0.25) is 9.78 Å². The standard InChI is InChI=1S/C16H26N4O2/c1-22-15-10-12(5-6-14(15)17)16(21)20-9-3-8-19-13-4-2-7-18-11-13/h2,4,7,11-12,14-15,19H,3,5-6,8-10,17H2,1H3,(H,20,21)/t12-,14-,15-/m0/s1. The number of methoxy groups -OCH3 is 1. The second-order valence-electron chi connectivity index (χ2n) is 5.76. The largest absolute Gasteiger partial charge is 0.384 e. The second kappa shape index (κ2) is 8.70. The first-order chi connectivity index (χ1) is 10.7. The summed E-state index contributed by atoms with van der Waals surface area (Å²) in [7, 11) is 1.66. The number of nitrogens with zero attached hydrogens (tertiary/aromatic N) is 1. The molecule has 1 aromatic heterocycles. The van der Waals surface area contributed by atoms with Crippen molar-refractivity contribution in [1.29, 1.82) is 0 Å². The molecule has 1 aliphatic rings. The molecule has 4 N–H and O–H groups in total. The van der Waals surface area contributed by atoms with Gasteiger partial charge in [0.2, 0.25) is 5.91 Å². The maximum absolute atomic E-state index is 12.2. The molecule has 0 aliphatic heterocycles. The average molecular weight is 306 g/mol. The van der Waals surface area contributed by atoms with Gasteiger partial charge < -0.3 is 21.1 Å². The van der Waals surface area contributed by atoms with Crippen LogP contribution in [0.1, 0.15) is 25.7 Å². The number of pyridine rings is 1. The molecule has 0 bridgehead atoms. The lowest BCUT2D eigenvalue weighted by molar-refractivity contribution is -0.127. The van der Waals surface area contributed by atoms with E-state index in [4.69, 9.17) is 10.5 Å². The maximum atomic E-state index is 12.2. The highest BCUT2D eigenvalue weighted by Crippen LogP contribution is 2.25. The van der Waals surface area contributed by atoms with Gasteiger partial charge in [0, 0.05) is 44.6 Å². The number of nitrogens with two attached hydrogens (primary N) is 1. The third-order valence-corrected chi connectivity index (χ3v) is 4.16. The molecule has 0 spiro atoms. The molecule has 1 amide bonds. The predicted molar refractivity (Wildman–Crippen MR) is 86.5 cm³/mol. The van der Waals surface area contributed by atoms with Gasteiger partial charge in [0.05, 0.1) is 11.8 Å². The minimum atomic E-state index is -0.00301. The fraction of sp³-hybridized carbons (Fsp3) is 0.625. The van der Waals surface area contributed by atoms with Crippen LogP contribution in [0.3, 0.4) is 0 Å². The molecule has 1 aromatic rings. The van der Waals surface area contributed by atoms with Gasteiger partial charge in [-0.2, -0.15) is 0 Å². The van der Waals surface area contributed by atoms with Gasteiger partial charge in [0.25, 0.3) is 0 Å². The summed E-state index contributed by atoms with van der Waals surface area (Å²) in [5.41, 5.74) is 6.97. The van der Waals surface area contributed by atoms with Crippen LogP contribution >= 0.6 is 0 Å². The van der Waals surface area contributed by atoms with Crippen LogP contribution in [-0.4, -0.2) is 43.2 Å². The number of ether oxygens (including phenoxy) is 1. The number of rotatable bonds is 7. The number of anilines is 1. The van der Waals surface area contributed by atoms with E-state index >= 15 is 0 Å². The Kier molecular flexibility index (Phi) is 6.61. The summed E-state index contributed by atoms with van der Waals surface area (Å²) in [5.74, 6) is 0.145. The third kappa shape index (κ3) is 4.96. The lowest BCUT2D eigenvalue weighted by atomic mass is 9.83. The van der Waals surface area contributed by atoms with E-state index in [0.29, 0.717) is 6.54 Å². The number of amides is 1. The topological polar surface area (TPSA) is 89.3 Å². The van der Waals surface area contributed by atoms with Gasteiger partial charge in [-0.05, 0) is 37.8 Å². The van der Waals surface area contributed by atoms with Crippen molar-refractivity contribution in [3.63, 3.8) is 0 Å². The van der Waals surface area contributed by atoms with Crippen molar-refractivity contribution < 1.29 is 9.53 Å². The van der Waals surface area contributed by atoms with Crippen LogP contribution in [0.25, 0.3) is 0 Å². The lowest BCUT2D eigenvalue weighted by Crippen LogP contribution is -2.45. The number of nitrogens with one attached hydrogen (secondary N) is 2. The van der Waals surface area contributed by atoms with E-state index in [1.807, 2.05) is 12.1 Å². The first-order valence-electron chi connectivity index (χ1n) is 7.90. The van der Waals surface area contributed by atoms with Gasteiger partial charge in [0.15, 0.2) is 0 Å². The molecule has 1 heterocycles. The highest BCUT2D eigenvalue weighted by molar-refractivity contribution is 5.78. The first kappa shape index (κ1) is 16.7. The highest BCUT2D eigenvalue weighted by atomic mass is 16.5. The molecule has 0 unspecified atom stereocenters. The van der Waals surface area contributed by atoms with Crippen molar-refractivity contribution in [1.82, 2.24) is 10.3 Å². The number of aromatic nitrogens is 1. The van der Waals surface area contributed by atoms with Crippen LogP contribution in [0.5, 0.6) is 0 Å². The average Bonchev–Trinajstić information content (AvgIpc) is 2.55. The molecule has 1 aliphatic carbocycles. The quantitative estimate of drug-likeness (QED) is 0.657. The van der Waals surface area contributed by atoms with Crippen LogP contribution < -0.4 is 16.4 Å². The van der Waals surface area contributed by atoms with E-state index in [2.05, 4.69) is 15.6 Å². The third-order valence-electron chi connectivity index (χ3n) is 4.16. The van der Waals surface area contributed by atoms with Crippen molar-refractivity contribution in [3.8, 4) is 0 Å². The summed E-state index contributed by atoms with van der Waals surface area (Å²) >= 11 is 0. The molecule has 122 valence electrons. The van der Waals surface area contributed by atoms with E-state index in [-0.39, 0.29) is 24.0 Å². The van der Waals surface area contributed by atoms with E-state index in [9.17, 15) is 4.79 Å². The van der Waals surface area contributed by atoms with Crippen LogP contribution in [0, 0.1) is 5.92 Å². The molecule has 3 atom stereocenters. The summed E-state index contributed by atoms with van der Waals surface area (Å²) in [6.45, 7) is 1.48. The minimum Gasteiger partial charge on any atom is -0.384 e. The Bertz CT molecular complexity index is 455. The molecular weight excluding hydrogens is 280 g/mol.